The number of rotatable bonds is 4. The topological polar surface area (TPSA) is 43.4 Å². The molecule has 0 unspecified atom stereocenters. The van der Waals surface area contributed by atoms with Crippen molar-refractivity contribution >= 4 is 39.4 Å². The molecule has 1 aromatic carbocycles. The zero-order chi connectivity index (χ0) is 13.7. The maximum atomic E-state index is 11.8. The molecule has 1 aliphatic rings. The van der Waals surface area contributed by atoms with E-state index in [1.54, 1.807) is 36.0 Å². The minimum absolute atomic E-state index is 0.0449. The number of hydrogen-bond acceptors (Lipinski definition) is 4. The Bertz CT molecular complexity index is 452. The van der Waals surface area contributed by atoms with Crippen LogP contribution in [0.5, 0.6) is 0 Å². The molecule has 0 aromatic heterocycles. The first-order valence-electron chi connectivity index (χ1n) is 6.20. The molecule has 1 heterocycles. The van der Waals surface area contributed by atoms with E-state index < -0.39 is 0 Å². The summed E-state index contributed by atoms with van der Waals surface area (Å²) in [4.78, 5) is 23.6. The number of ether oxygens (including phenoxy) is 1. The zero-order valence-electron chi connectivity index (χ0n) is 10.4. The highest BCUT2D eigenvalue weighted by molar-refractivity contribution is 9.10. The SMILES string of the molecule is O=C(COC(=O)[C@H]1CCCSC1)c1ccc(Br)cc1. The molecule has 2 rings (SSSR count). The number of thioether (sulfide) groups is 1. The van der Waals surface area contributed by atoms with E-state index in [-0.39, 0.29) is 24.3 Å². The van der Waals surface area contributed by atoms with Gasteiger partial charge in [-0.05, 0) is 30.7 Å². The number of Topliss-reactive ketones (excluding diaryl/α,β-unsaturated/α-hetero) is 1. The summed E-state index contributed by atoms with van der Waals surface area (Å²) in [6.45, 7) is -0.165. The molecular weight excluding hydrogens is 328 g/mol. The first-order chi connectivity index (χ1) is 9.16. The second kappa shape index (κ2) is 7.10. The fourth-order valence-corrected chi connectivity index (χ4v) is 3.29. The first-order valence-corrected chi connectivity index (χ1v) is 8.15. The van der Waals surface area contributed by atoms with Gasteiger partial charge in [-0.1, -0.05) is 28.1 Å². The molecule has 1 aromatic rings. The number of esters is 1. The fourth-order valence-electron chi connectivity index (χ4n) is 1.90. The standard InChI is InChI=1S/C14H15BrO3S/c15-12-5-3-10(4-6-12)13(16)8-18-14(17)11-2-1-7-19-9-11/h3-6,11H,1-2,7-9H2/t11-/m0/s1. The number of carbonyl (C=O) groups is 2. The van der Waals surface area contributed by atoms with Crippen LogP contribution in [0.15, 0.2) is 28.7 Å². The van der Waals surface area contributed by atoms with E-state index in [2.05, 4.69) is 15.9 Å². The molecule has 0 saturated carbocycles. The van der Waals surface area contributed by atoms with Gasteiger partial charge in [0, 0.05) is 15.8 Å². The van der Waals surface area contributed by atoms with Crippen molar-refractivity contribution in [2.24, 2.45) is 5.92 Å². The van der Waals surface area contributed by atoms with Gasteiger partial charge in [-0.15, -0.1) is 0 Å². The number of hydrogen-bond donors (Lipinski definition) is 0. The van der Waals surface area contributed by atoms with E-state index in [9.17, 15) is 9.59 Å². The van der Waals surface area contributed by atoms with Crippen molar-refractivity contribution in [1.29, 1.82) is 0 Å². The quantitative estimate of drug-likeness (QED) is 0.621. The Morgan fingerprint density at radius 3 is 2.68 bits per heavy atom. The van der Waals surface area contributed by atoms with Gasteiger partial charge < -0.3 is 4.74 Å². The summed E-state index contributed by atoms with van der Waals surface area (Å²) < 4.78 is 6.03. The molecule has 0 radical (unpaired) electrons. The average Bonchev–Trinajstić information content (AvgIpc) is 2.46. The lowest BCUT2D eigenvalue weighted by molar-refractivity contribution is -0.146. The third-order valence-electron chi connectivity index (χ3n) is 3.01. The summed E-state index contributed by atoms with van der Waals surface area (Å²) >= 11 is 5.08. The third-order valence-corrected chi connectivity index (χ3v) is 4.75. The van der Waals surface area contributed by atoms with Gasteiger partial charge in [0.1, 0.15) is 0 Å². The van der Waals surface area contributed by atoms with Crippen LogP contribution in [0.1, 0.15) is 23.2 Å². The van der Waals surface area contributed by atoms with Gasteiger partial charge in [0.25, 0.3) is 0 Å². The molecule has 5 heteroatoms. The first kappa shape index (κ1) is 14.6. The van der Waals surface area contributed by atoms with Crippen molar-refractivity contribution in [1.82, 2.24) is 0 Å². The Morgan fingerprint density at radius 2 is 2.05 bits per heavy atom. The van der Waals surface area contributed by atoms with E-state index >= 15 is 0 Å². The van der Waals surface area contributed by atoms with Crippen LogP contribution in [0.25, 0.3) is 0 Å². The van der Waals surface area contributed by atoms with Crippen LogP contribution < -0.4 is 0 Å². The number of carbonyl (C=O) groups excluding carboxylic acids is 2. The average molecular weight is 343 g/mol. The molecule has 1 saturated heterocycles. The Hall–Kier alpha value is -0.810. The molecule has 0 amide bonds. The minimum atomic E-state index is -0.238. The van der Waals surface area contributed by atoms with Gasteiger partial charge in [0.2, 0.25) is 0 Å². The Balaban J connectivity index is 1.82. The lowest BCUT2D eigenvalue weighted by Gasteiger charge is -2.19. The van der Waals surface area contributed by atoms with E-state index in [1.807, 2.05) is 0 Å². The van der Waals surface area contributed by atoms with Crippen molar-refractivity contribution in [3.63, 3.8) is 0 Å². The monoisotopic (exact) mass is 342 g/mol. The predicted octanol–water partition coefficient (Wildman–Crippen LogP) is 3.32. The molecule has 1 atom stereocenters. The molecule has 0 aliphatic carbocycles. The zero-order valence-corrected chi connectivity index (χ0v) is 12.8. The number of halogens is 1. The van der Waals surface area contributed by atoms with Gasteiger partial charge in [-0.2, -0.15) is 11.8 Å². The molecule has 0 N–H and O–H groups in total. The highest BCUT2D eigenvalue weighted by Gasteiger charge is 2.23. The van der Waals surface area contributed by atoms with Gasteiger partial charge in [0.15, 0.2) is 12.4 Å². The largest absolute Gasteiger partial charge is 0.457 e. The molecule has 1 aliphatic heterocycles. The maximum absolute atomic E-state index is 11.8. The highest BCUT2D eigenvalue weighted by Crippen LogP contribution is 2.23. The second-order valence-corrected chi connectivity index (χ2v) is 6.52. The molecule has 3 nitrogen and oxygen atoms in total. The Kier molecular flexibility index (Phi) is 5.45. The molecular formula is C14H15BrO3S. The summed E-state index contributed by atoms with van der Waals surface area (Å²) in [5.74, 6) is 1.48. The lowest BCUT2D eigenvalue weighted by Crippen LogP contribution is -2.25. The van der Waals surface area contributed by atoms with Crippen molar-refractivity contribution in [3.05, 3.63) is 34.3 Å². The smallest absolute Gasteiger partial charge is 0.310 e. The number of ketones is 1. The highest BCUT2D eigenvalue weighted by atomic mass is 79.9. The molecule has 1 fully saturated rings. The lowest BCUT2D eigenvalue weighted by atomic mass is 10.1. The van der Waals surface area contributed by atoms with Gasteiger partial charge >= 0.3 is 5.97 Å². The molecule has 0 spiro atoms. The van der Waals surface area contributed by atoms with Crippen LogP contribution in [0.3, 0.4) is 0 Å². The van der Waals surface area contributed by atoms with Crippen molar-refractivity contribution in [2.45, 2.75) is 12.8 Å². The van der Waals surface area contributed by atoms with Crippen LogP contribution >= 0.6 is 27.7 Å². The van der Waals surface area contributed by atoms with Gasteiger partial charge in [0.05, 0.1) is 5.92 Å². The Morgan fingerprint density at radius 1 is 1.32 bits per heavy atom. The van der Waals surface area contributed by atoms with E-state index in [4.69, 9.17) is 4.74 Å². The summed E-state index contributed by atoms with van der Waals surface area (Å²) in [6.07, 6.45) is 1.92. The fraction of sp³-hybridized carbons (Fsp3) is 0.429. The van der Waals surface area contributed by atoms with Crippen molar-refractivity contribution < 1.29 is 14.3 Å². The van der Waals surface area contributed by atoms with Crippen LogP contribution in [-0.2, 0) is 9.53 Å². The minimum Gasteiger partial charge on any atom is -0.457 e. The maximum Gasteiger partial charge on any atom is 0.310 e. The van der Waals surface area contributed by atoms with E-state index in [0.29, 0.717) is 5.56 Å². The molecule has 102 valence electrons. The summed E-state index contributed by atoms with van der Waals surface area (Å²) in [6, 6.07) is 7.03. The van der Waals surface area contributed by atoms with Gasteiger partial charge in [-0.3, -0.25) is 9.59 Å². The molecule has 19 heavy (non-hydrogen) atoms. The van der Waals surface area contributed by atoms with E-state index in [0.717, 1.165) is 28.8 Å². The van der Waals surface area contributed by atoms with Gasteiger partial charge in [-0.25, -0.2) is 0 Å². The normalized spacial score (nSPS) is 18.9. The number of benzene rings is 1. The Labute approximate surface area is 125 Å². The summed E-state index contributed by atoms with van der Waals surface area (Å²) in [5.41, 5.74) is 0.564. The van der Waals surface area contributed by atoms with Crippen LogP contribution in [0.4, 0.5) is 0 Å². The third kappa shape index (κ3) is 4.35. The second-order valence-electron chi connectivity index (χ2n) is 4.45. The van der Waals surface area contributed by atoms with Crippen molar-refractivity contribution in [2.75, 3.05) is 18.1 Å². The van der Waals surface area contributed by atoms with Crippen molar-refractivity contribution in [3.8, 4) is 0 Å². The van der Waals surface area contributed by atoms with Crippen LogP contribution in [-0.4, -0.2) is 29.9 Å². The van der Waals surface area contributed by atoms with E-state index in [1.165, 1.54) is 0 Å². The summed E-state index contributed by atoms with van der Waals surface area (Å²) in [7, 11) is 0. The van der Waals surface area contributed by atoms with Crippen LogP contribution in [0, 0.1) is 5.92 Å². The van der Waals surface area contributed by atoms with Crippen LogP contribution in [0.2, 0.25) is 0 Å². The summed E-state index contributed by atoms with van der Waals surface area (Å²) in [5, 5.41) is 0. The predicted molar refractivity (Wildman–Crippen MR) is 79.5 cm³/mol. The molecule has 0 bridgehead atoms.